The standard InChI is InChI=1S/C16H17ClN2O/c1-12-4-2-6-14-16(12)19(15(18-14)7-9-17)10-8-13-5-3-11-20-13/h2-6,11H,7-10H2,1H3. The summed E-state index contributed by atoms with van der Waals surface area (Å²) in [7, 11) is 0. The van der Waals surface area contributed by atoms with E-state index in [-0.39, 0.29) is 0 Å². The highest BCUT2D eigenvalue weighted by atomic mass is 35.5. The van der Waals surface area contributed by atoms with Crippen molar-refractivity contribution < 1.29 is 4.42 Å². The van der Waals surface area contributed by atoms with Crippen molar-refractivity contribution >= 4 is 22.6 Å². The highest BCUT2D eigenvalue weighted by Gasteiger charge is 2.12. The largest absolute Gasteiger partial charge is 0.469 e. The van der Waals surface area contributed by atoms with Gasteiger partial charge in [0.05, 0.1) is 17.3 Å². The number of hydrogen-bond acceptors (Lipinski definition) is 2. The lowest BCUT2D eigenvalue weighted by Gasteiger charge is -2.09. The van der Waals surface area contributed by atoms with Crippen molar-refractivity contribution in [2.24, 2.45) is 0 Å². The van der Waals surface area contributed by atoms with Gasteiger partial charge in [-0.25, -0.2) is 4.98 Å². The molecule has 0 radical (unpaired) electrons. The van der Waals surface area contributed by atoms with Crippen molar-refractivity contribution in [3.8, 4) is 0 Å². The summed E-state index contributed by atoms with van der Waals surface area (Å²) in [5.74, 6) is 2.64. The van der Waals surface area contributed by atoms with Gasteiger partial charge in [0, 0.05) is 25.3 Å². The van der Waals surface area contributed by atoms with Crippen LogP contribution in [-0.2, 0) is 19.4 Å². The van der Waals surface area contributed by atoms with Crippen LogP contribution in [0.3, 0.4) is 0 Å². The fraction of sp³-hybridized carbons (Fsp3) is 0.312. The van der Waals surface area contributed by atoms with Gasteiger partial charge >= 0.3 is 0 Å². The Morgan fingerprint density at radius 2 is 2.10 bits per heavy atom. The molecule has 0 saturated heterocycles. The van der Waals surface area contributed by atoms with Crippen LogP contribution in [-0.4, -0.2) is 15.4 Å². The summed E-state index contributed by atoms with van der Waals surface area (Å²) in [5.41, 5.74) is 3.50. The number of alkyl halides is 1. The SMILES string of the molecule is Cc1cccc2nc(CCCl)n(CCc3ccco3)c12. The average molecular weight is 289 g/mol. The lowest BCUT2D eigenvalue weighted by molar-refractivity contribution is 0.490. The monoisotopic (exact) mass is 288 g/mol. The van der Waals surface area contributed by atoms with Gasteiger partial charge in [0.25, 0.3) is 0 Å². The number of aryl methyl sites for hydroxylation is 4. The molecule has 2 heterocycles. The van der Waals surface area contributed by atoms with Gasteiger partial charge in [-0.1, -0.05) is 12.1 Å². The number of aromatic nitrogens is 2. The van der Waals surface area contributed by atoms with Crippen LogP contribution >= 0.6 is 11.6 Å². The van der Waals surface area contributed by atoms with Crippen LogP contribution in [0, 0.1) is 6.92 Å². The predicted octanol–water partition coefficient (Wildman–Crippen LogP) is 3.96. The first-order valence-electron chi connectivity index (χ1n) is 6.82. The Balaban J connectivity index is 1.99. The summed E-state index contributed by atoms with van der Waals surface area (Å²) >= 11 is 5.90. The maximum Gasteiger partial charge on any atom is 0.111 e. The molecular weight excluding hydrogens is 272 g/mol. The van der Waals surface area contributed by atoms with Crippen molar-refractivity contribution in [1.29, 1.82) is 0 Å². The number of furan rings is 1. The smallest absolute Gasteiger partial charge is 0.111 e. The summed E-state index contributed by atoms with van der Waals surface area (Å²) in [6, 6.07) is 10.2. The summed E-state index contributed by atoms with van der Waals surface area (Å²) in [5, 5.41) is 0. The minimum atomic E-state index is 0.586. The molecule has 3 nitrogen and oxygen atoms in total. The molecule has 3 rings (SSSR count). The fourth-order valence-electron chi connectivity index (χ4n) is 2.61. The fourth-order valence-corrected chi connectivity index (χ4v) is 2.78. The van der Waals surface area contributed by atoms with Crippen LogP contribution in [0.4, 0.5) is 0 Å². The van der Waals surface area contributed by atoms with Crippen LogP contribution in [0.25, 0.3) is 11.0 Å². The maximum atomic E-state index is 5.90. The summed E-state index contributed by atoms with van der Waals surface area (Å²) in [4.78, 5) is 4.71. The molecule has 0 aliphatic carbocycles. The van der Waals surface area contributed by atoms with E-state index in [1.165, 1.54) is 11.1 Å². The van der Waals surface area contributed by atoms with Gasteiger partial charge in [-0.05, 0) is 30.7 Å². The third-order valence-corrected chi connectivity index (χ3v) is 3.72. The zero-order valence-electron chi connectivity index (χ0n) is 11.5. The molecule has 1 aromatic carbocycles. The van der Waals surface area contributed by atoms with Crippen LogP contribution in [0.2, 0.25) is 0 Å². The molecule has 0 saturated carbocycles. The minimum absolute atomic E-state index is 0.586. The van der Waals surface area contributed by atoms with Gasteiger partial charge in [-0.3, -0.25) is 0 Å². The molecule has 0 amide bonds. The van der Waals surface area contributed by atoms with E-state index < -0.39 is 0 Å². The van der Waals surface area contributed by atoms with E-state index >= 15 is 0 Å². The quantitative estimate of drug-likeness (QED) is 0.665. The van der Waals surface area contributed by atoms with E-state index in [4.69, 9.17) is 21.0 Å². The molecule has 0 bridgehead atoms. The molecule has 0 aliphatic rings. The number of benzene rings is 1. The summed E-state index contributed by atoms with van der Waals surface area (Å²) in [6.45, 7) is 2.99. The Bertz CT molecular complexity index is 701. The van der Waals surface area contributed by atoms with E-state index in [9.17, 15) is 0 Å². The van der Waals surface area contributed by atoms with Crippen molar-refractivity contribution in [3.05, 3.63) is 53.7 Å². The molecule has 0 unspecified atom stereocenters. The van der Waals surface area contributed by atoms with Gasteiger partial charge in [-0.2, -0.15) is 0 Å². The van der Waals surface area contributed by atoms with Crippen molar-refractivity contribution in [1.82, 2.24) is 9.55 Å². The number of para-hydroxylation sites is 1. The Kier molecular flexibility index (Phi) is 3.79. The number of fused-ring (bicyclic) bond motifs is 1. The van der Waals surface area contributed by atoms with E-state index in [0.29, 0.717) is 5.88 Å². The molecule has 0 fully saturated rings. The van der Waals surface area contributed by atoms with Crippen LogP contribution in [0.1, 0.15) is 17.1 Å². The molecule has 0 aliphatic heterocycles. The summed E-state index contributed by atoms with van der Waals surface area (Å²) in [6.07, 6.45) is 3.36. The van der Waals surface area contributed by atoms with E-state index in [1.807, 2.05) is 18.2 Å². The van der Waals surface area contributed by atoms with Gasteiger partial charge < -0.3 is 8.98 Å². The Labute approximate surface area is 123 Å². The number of hydrogen-bond donors (Lipinski definition) is 0. The topological polar surface area (TPSA) is 31.0 Å². The van der Waals surface area contributed by atoms with E-state index in [0.717, 1.165) is 36.5 Å². The highest BCUT2D eigenvalue weighted by molar-refractivity contribution is 6.17. The average Bonchev–Trinajstić information content (AvgIpc) is 3.05. The molecule has 3 aromatic rings. The third kappa shape index (κ3) is 2.46. The molecule has 0 N–H and O–H groups in total. The lowest BCUT2D eigenvalue weighted by atomic mass is 10.2. The van der Waals surface area contributed by atoms with Gasteiger partial charge in [-0.15, -0.1) is 11.6 Å². The third-order valence-electron chi connectivity index (χ3n) is 3.53. The number of imidazole rings is 1. The van der Waals surface area contributed by atoms with Crippen LogP contribution in [0.15, 0.2) is 41.0 Å². The Morgan fingerprint density at radius 3 is 2.85 bits per heavy atom. The predicted molar refractivity (Wildman–Crippen MR) is 81.3 cm³/mol. The summed E-state index contributed by atoms with van der Waals surface area (Å²) < 4.78 is 7.69. The normalized spacial score (nSPS) is 11.3. The second-order valence-electron chi connectivity index (χ2n) is 4.89. The van der Waals surface area contributed by atoms with Gasteiger partial charge in [0.15, 0.2) is 0 Å². The molecule has 2 aromatic heterocycles. The Morgan fingerprint density at radius 1 is 1.20 bits per heavy atom. The zero-order chi connectivity index (χ0) is 13.9. The number of halogens is 1. The lowest BCUT2D eigenvalue weighted by Crippen LogP contribution is -2.07. The van der Waals surface area contributed by atoms with Gasteiger partial charge in [0.1, 0.15) is 11.6 Å². The van der Waals surface area contributed by atoms with E-state index in [2.05, 4.69) is 23.6 Å². The first kappa shape index (κ1) is 13.3. The first-order chi connectivity index (χ1) is 9.79. The molecule has 4 heteroatoms. The molecular formula is C16H17ClN2O. The highest BCUT2D eigenvalue weighted by Crippen LogP contribution is 2.21. The molecule has 104 valence electrons. The van der Waals surface area contributed by atoms with Crippen LogP contribution in [0.5, 0.6) is 0 Å². The van der Waals surface area contributed by atoms with Crippen molar-refractivity contribution in [3.63, 3.8) is 0 Å². The molecule has 20 heavy (non-hydrogen) atoms. The van der Waals surface area contributed by atoms with Crippen LogP contribution < -0.4 is 0 Å². The number of rotatable bonds is 5. The number of nitrogens with zero attached hydrogens (tertiary/aromatic N) is 2. The minimum Gasteiger partial charge on any atom is -0.469 e. The molecule has 0 spiro atoms. The molecule has 0 atom stereocenters. The van der Waals surface area contributed by atoms with Gasteiger partial charge in [0.2, 0.25) is 0 Å². The van der Waals surface area contributed by atoms with Crippen molar-refractivity contribution in [2.75, 3.05) is 5.88 Å². The second kappa shape index (κ2) is 5.71. The van der Waals surface area contributed by atoms with Crippen molar-refractivity contribution in [2.45, 2.75) is 26.3 Å². The first-order valence-corrected chi connectivity index (χ1v) is 7.36. The van der Waals surface area contributed by atoms with E-state index in [1.54, 1.807) is 6.26 Å². The zero-order valence-corrected chi connectivity index (χ0v) is 12.2. The maximum absolute atomic E-state index is 5.90. The Hall–Kier alpha value is -1.74. The second-order valence-corrected chi connectivity index (χ2v) is 5.27.